The predicted molar refractivity (Wildman–Crippen MR) is 55.1 cm³/mol. The Labute approximate surface area is 91.5 Å². The summed E-state index contributed by atoms with van der Waals surface area (Å²) in [5.41, 5.74) is 1.65. The molecule has 0 spiro atoms. The summed E-state index contributed by atoms with van der Waals surface area (Å²) in [4.78, 5) is 10.5. The van der Waals surface area contributed by atoms with Crippen molar-refractivity contribution in [2.75, 3.05) is 0 Å². The minimum absolute atomic E-state index is 0.476. The second kappa shape index (κ2) is 3.72. The Balaban J connectivity index is 2.25. The molecule has 0 radical (unpaired) electrons. The standard InChI is InChI=1S/C10H10ClNO3/c11-6-2-1-5-3-8(12-10(14)15)9(13)7(5)4-6/h1-2,4,8-9,12-13H,3H2,(H,14,15)/t8-,9+/m0/s1. The summed E-state index contributed by atoms with van der Waals surface area (Å²) >= 11 is 5.79. The number of carboxylic acid groups (broad SMARTS) is 1. The van der Waals surface area contributed by atoms with E-state index in [2.05, 4.69) is 5.32 Å². The van der Waals surface area contributed by atoms with Crippen LogP contribution in [0.25, 0.3) is 0 Å². The zero-order chi connectivity index (χ0) is 11.0. The first-order valence-electron chi connectivity index (χ1n) is 4.54. The maximum atomic E-state index is 10.5. The lowest BCUT2D eigenvalue weighted by Crippen LogP contribution is -2.36. The fourth-order valence-electron chi connectivity index (χ4n) is 1.88. The molecule has 0 aromatic heterocycles. The van der Waals surface area contributed by atoms with Crippen LogP contribution in [-0.4, -0.2) is 22.3 Å². The van der Waals surface area contributed by atoms with Crippen molar-refractivity contribution in [1.29, 1.82) is 0 Å². The van der Waals surface area contributed by atoms with Crippen molar-refractivity contribution < 1.29 is 15.0 Å². The molecule has 1 aromatic rings. The van der Waals surface area contributed by atoms with Crippen molar-refractivity contribution in [3.63, 3.8) is 0 Å². The lowest BCUT2D eigenvalue weighted by atomic mass is 10.1. The van der Waals surface area contributed by atoms with Crippen LogP contribution in [-0.2, 0) is 6.42 Å². The molecule has 0 unspecified atom stereocenters. The van der Waals surface area contributed by atoms with Gasteiger partial charge in [0.15, 0.2) is 0 Å². The molecule has 1 aliphatic carbocycles. The van der Waals surface area contributed by atoms with Crippen LogP contribution in [0.4, 0.5) is 4.79 Å². The van der Waals surface area contributed by atoms with E-state index < -0.39 is 18.2 Å². The first kappa shape index (κ1) is 10.3. The van der Waals surface area contributed by atoms with Crippen LogP contribution < -0.4 is 5.32 Å². The fraction of sp³-hybridized carbons (Fsp3) is 0.300. The number of halogens is 1. The minimum Gasteiger partial charge on any atom is -0.465 e. The van der Waals surface area contributed by atoms with E-state index in [1.54, 1.807) is 12.1 Å². The average Bonchev–Trinajstić information content (AvgIpc) is 2.44. The number of aliphatic hydroxyl groups is 1. The largest absolute Gasteiger partial charge is 0.465 e. The van der Waals surface area contributed by atoms with Crippen LogP contribution in [0.5, 0.6) is 0 Å². The number of amides is 1. The van der Waals surface area contributed by atoms with Crippen LogP contribution in [0.3, 0.4) is 0 Å². The number of fused-ring (bicyclic) bond motifs is 1. The Bertz CT molecular complexity index is 408. The molecule has 80 valence electrons. The summed E-state index contributed by atoms with van der Waals surface area (Å²) in [5.74, 6) is 0. The van der Waals surface area contributed by atoms with Crippen LogP contribution in [0, 0.1) is 0 Å². The van der Waals surface area contributed by atoms with Crippen molar-refractivity contribution >= 4 is 17.7 Å². The van der Waals surface area contributed by atoms with Gasteiger partial charge in [0.2, 0.25) is 0 Å². The second-order valence-corrected chi connectivity index (χ2v) is 3.98. The maximum Gasteiger partial charge on any atom is 0.404 e. The third kappa shape index (κ3) is 1.91. The highest BCUT2D eigenvalue weighted by molar-refractivity contribution is 6.30. The van der Waals surface area contributed by atoms with Gasteiger partial charge in [-0.15, -0.1) is 0 Å². The van der Waals surface area contributed by atoms with Gasteiger partial charge in [-0.05, 0) is 29.7 Å². The molecule has 0 fully saturated rings. The van der Waals surface area contributed by atoms with Gasteiger partial charge in [-0.1, -0.05) is 17.7 Å². The number of carbonyl (C=O) groups is 1. The number of nitrogens with one attached hydrogen (secondary N) is 1. The number of hydrogen-bond acceptors (Lipinski definition) is 2. The molecular weight excluding hydrogens is 218 g/mol. The predicted octanol–water partition coefficient (Wildman–Crippen LogP) is 1.57. The van der Waals surface area contributed by atoms with E-state index in [0.29, 0.717) is 17.0 Å². The highest BCUT2D eigenvalue weighted by Crippen LogP contribution is 2.33. The van der Waals surface area contributed by atoms with Crippen molar-refractivity contribution in [3.05, 3.63) is 34.3 Å². The van der Waals surface area contributed by atoms with Crippen molar-refractivity contribution in [2.24, 2.45) is 0 Å². The highest BCUT2D eigenvalue weighted by atomic mass is 35.5. The summed E-state index contributed by atoms with van der Waals surface area (Å²) < 4.78 is 0. The van der Waals surface area contributed by atoms with Gasteiger partial charge >= 0.3 is 6.09 Å². The molecule has 0 aliphatic heterocycles. The summed E-state index contributed by atoms with van der Waals surface area (Å²) in [7, 11) is 0. The molecule has 3 N–H and O–H groups in total. The quantitative estimate of drug-likeness (QED) is 0.682. The first-order valence-corrected chi connectivity index (χ1v) is 4.91. The summed E-state index contributed by atoms with van der Waals surface area (Å²) in [6.07, 6.45) is -1.44. The molecule has 2 atom stereocenters. The van der Waals surface area contributed by atoms with Crippen LogP contribution in [0.1, 0.15) is 17.2 Å². The summed E-state index contributed by atoms with van der Waals surface area (Å²) in [5, 5.41) is 21.2. The van der Waals surface area contributed by atoms with Crippen molar-refractivity contribution in [1.82, 2.24) is 5.32 Å². The smallest absolute Gasteiger partial charge is 0.404 e. The summed E-state index contributed by atoms with van der Waals surface area (Å²) in [6.45, 7) is 0. The highest BCUT2D eigenvalue weighted by Gasteiger charge is 2.31. The van der Waals surface area contributed by atoms with Crippen molar-refractivity contribution in [2.45, 2.75) is 18.6 Å². The molecule has 2 rings (SSSR count). The number of hydrogen-bond donors (Lipinski definition) is 3. The van der Waals surface area contributed by atoms with Gasteiger partial charge in [-0.3, -0.25) is 0 Å². The number of rotatable bonds is 1. The van der Waals surface area contributed by atoms with Gasteiger partial charge < -0.3 is 15.5 Å². The third-order valence-corrected chi connectivity index (χ3v) is 2.79. The summed E-state index contributed by atoms with van der Waals surface area (Å²) in [6, 6.07) is 4.74. The maximum absolute atomic E-state index is 10.5. The first-order chi connectivity index (χ1) is 7.08. The Morgan fingerprint density at radius 1 is 1.53 bits per heavy atom. The topological polar surface area (TPSA) is 69.6 Å². The van der Waals surface area contributed by atoms with E-state index in [-0.39, 0.29) is 0 Å². The molecular formula is C10H10ClNO3. The molecule has 0 heterocycles. The van der Waals surface area contributed by atoms with E-state index in [4.69, 9.17) is 16.7 Å². The molecule has 0 saturated carbocycles. The molecule has 4 nitrogen and oxygen atoms in total. The van der Waals surface area contributed by atoms with Crippen molar-refractivity contribution in [3.8, 4) is 0 Å². The van der Waals surface area contributed by atoms with E-state index in [1.807, 2.05) is 6.07 Å². The zero-order valence-electron chi connectivity index (χ0n) is 7.77. The monoisotopic (exact) mass is 227 g/mol. The normalized spacial score (nSPS) is 23.6. The average molecular weight is 228 g/mol. The number of benzene rings is 1. The SMILES string of the molecule is O=C(O)N[C@H]1Cc2ccc(Cl)cc2[C@H]1O. The minimum atomic E-state index is -1.13. The van der Waals surface area contributed by atoms with Gasteiger partial charge in [-0.2, -0.15) is 0 Å². The van der Waals surface area contributed by atoms with Gasteiger partial charge in [-0.25, -0.2) is 4.79 Å². The molecule has 0 saturated heterocycles. The molecule has 1 aliphatic rings. The molecule has 15 heavy (non-hydrogen) atoms. The zero-order valence-corrected chi connectivity index (χ0v) is 8.53. The molecule has 5 heteroatoms. The van der Waals surface area contributed by atoms with E-state index in [0.717, 1.165) is 5.56 Å². The molecule has 0 bridgehead atoms. The van der Waals surface area contributed by atoms with E-state index in [9.17, 15) is 9.90 Å². The fourth-order valence-corrected chi connectivity index (χ4v) is 2.06. The lowest BCUT2D eigenvalue weighted by Gasteiger charge is -2.14. The van der Waals surface area contributed by atoms with Crippen LogP contribution in [0.15, 0.2) is 18.2 Å². The molecule has 1 aromatic carbocycles. The van der Waals surface area contributed by atoms with Gasteiger partial charge in [0.05, 0.1) is 12.1 Å². The van der Waals surface area contributed by atoms with Gasteiger partial charge in [0.25, 0.3) is 0 Å². The van der Waals surface area contributed by atoms with Gasteiger partial charge in [0.1, 0.15) is 0 Å². The van der Waals surface area contributed by atoms with E-state index in [1.165, 1.54) is 0 Å². The van der Waals surface area contributed by atoms with Crippen LogP contribution in [0.2, 0.25) is 5.02 Å². The van der Waals surface area contributed by atoms with E-state index >= 15 is 0 Å². The number of aliphatic hydroxyl groups excluding tert-OH is 1. The molecule has 1 amide bonds. The van der Waals surface area contributed by atoms with Gasteiger partial charge in [0, 0.05) is 5.02 Å². The Morgan fingerprint density at radius 3 is 2.93 bits per heavy atom. The lowest BCUT2D eigenvalue weighted by molar-refractivity contribution is 0.131. The Morgan fingerprint density at radius 2 is 2.27 bits per heavy atom. The van der Waals surface area contributed by atoms with Crippen LogP contribution >= 0.6 is 11.6 Å². The Hall–Kier alpha value is -1.26. The third-order valence-electron chi connectivity index (χ3n) is 2.56. The Kier molecular flexibility index (Phi) is 2.54. The second-order valence-electron chi connectivity index (χ2n) is 3.55.